The maximum Gasteiger partial charge on any atom is 0.235 e. The van der Waals surface area contributed by atoms with Gasteiger partial charge in [-0.3, -0.25) is 15.0 Å². The highest BCUT2D eigenvalue weighted by Gasteiger charge is 2.39. The third-order valence-electron chi connectivity index (χ3n) is 5.36. The number of carbonyl (C=O) groups is 1. The van der Waals surface area contributed by atoms with E-state index in [0.717, 1.165) is 30.8 Å². The van der Waals surface area contributed by atoms with Crippen molar-refractivity contribution < 1.29 is 4.79 Å². The van der Waals surface area contributed by atoms with Crippen LogP contribution in [-0.4, -0.2) is 34.8 Å². The van der Waals surface area contributed by atoms with Crippen molar-refractivity contribution in [3.8, 4) is 0 Å². The number of aryl methyl sites for hydroxylation is 1. The van der Waals surface area contributed by atoms with Crippen LogP contribution in [-0.2, 0) is 17.8 Å². The molecule has 0 radical (unpaired) electrons. The summed E-state index contributed by atoms with van der Waals surface area (Å²) in [5.41, 5.74) is 11.0. The SMILES string of the molecule is Cc1cccc(NC(=S)C2C(=O)NC(N3CCc4ccccc4C3)NC2N)c1. The first-order valence-electron chi connectivity index (χ1n) is 9.51. The average Bonchev–Trinajstić information content (AvgIpc) is 2.67. The van der Waals surface area contributed by atoms with E-state index in [4.69, 9.17) is 18.0 Å². The van der Waals surface area contributed by atoms with Gasteiger partial charge in [0.1, 0.15) is 12.2 Å². The van der Waals surface area contributed by atoms with Crippen molar-refractivity contribution in [2.24, 2.45) is 11.7 Å². The van der Waals surface area contributed by atoms with Crippen molar-refractivity contribution in [3.05, 3.63) is 65.2 Å². The molecule has 2 heterocycles. The number of amides is 1. The number of rotatable bonds is 3. The van der Waals surface area contributed by atoms with Gasteiger partial charge >= 0.3 is 0 Å². The summed E-state index contributed by atoms with van der Waals surface area (Å²) in [5, 5.41) is 9.52. The van der Waals surface area contributed by atoms with Gasteiger partial charge in [-0.1, -0.05) is 48.6 Å². The molecule has 1 fully saturated rings. The quantitative estimate of drug-likeness (QED) is 0.592. The normalized spacial score (nSPS) is 24.9. The Hall–Kier alpha value is -2.32. The predicted molar refractivity (Wildman–Crippen MR) is 114 cm³/mol. The molecule has 0 spiro atoms. The van der Waals surface area contributed by atoms with E-state index in [1.54, 1.807) is 0 Å². The molecule has 0 aromatic heterocycles. The first-order valence-corrected chi connectivity index (χ1v) is 9.92. The lowest BCUT2D eigenvalue weighted by Crippen LogP contribution is -2.71. The molecule has 0 saturated carbocycles. The summed E-state index contributed by atoms with van der Waals surface area (Å²) in [4.78, 5) is 15.4. The molecule has 146 valence electrons. The van der Waals surface area contributed by atoms with Crippen molar-refractivity contribution in [1.29, 1.82) is 0 Å². The second kappa shape index (κ2) is 7.97. The minimum Gasteiger partial charge on any atom is -0.349 e. The Morgan fingerprint density at radius 2 is 2.00 bits per heavy atom. The third kappa shape index (κ3) is 3.93. The molecule has 1 saturated heterocycles. The maximum absolute atomic E-state index is 12.8. The first kappa shape index (κ1) is 19.0. The number of carbonyl (C=O) groups excluding carboxylic acids is 1. The molecule has 4 rings (SSSR count). The van der Waals surface area contributed by atoms with Crippen LogP contribution in [0.2, 0.25) is 0 Å². The second-order valence-electron chi connectivity index (χ2n) is 7.43. The summed E-state index contributed by atoms with van der Waals surface area (Å²) in [7, 11) is 0. The summed E-state index contributed by atoms with van der Waals surface area (Å²) in [5.74, 6) is -0.774. The molecule has 3 atom stereocenters. The van der Waals surface area contributed by atoms with E-state index in [1.807, 2.05) is 37.3 Å². The molecule has 6 nitrogen and oxygen atoms in total. The number of benzene rings is 2. The van der Waals surface area contributed by atoms with Crippen LogP contribution in [0.1, 0.15) is 16.7 Å². The number of nitrogens with one attached hydrogen (secondary N) is 3. The summed E-state index contributed by atoms with van der Waals surface area (Å²) in [6.45, 7) is 3.64. The fourth-order valence-electron chi connectivity index (χ4n) is 3.87. The van der Waals surface area contributed by atoms with Gasteiger partial charge in [-0.15, -0.1) is 0 Å². The Kier molecular flexibility index (Phi) is 5.41. The van der Waals surface area contributed by atoms with Crippen molar-refractivity contribution >= 4 is 28.8 Å². The Morgan fingerprint density at radius 1 is 1.21 bits per heavy atom. The molecule has 0 bridgehead atoms. The van der Waals surface area contributed by atoms with Crippen LogP contribution >= 0.6 is 12.2 Å². The molecule has 2 aliphatic heterocycles. The van der Waals surface area contributed by atoms with E-state index >= 15 is 0 Å². The molecule has 28 heavy (non-hydrogen) atoms. The molecular weight excluding hydrogens is 370 g/mol. The standard InChI is InChI=1S/C21H25N5OS/c1-13-5-4-8-16(11-13)23-20(28)17-18(22)24-21(25-19(17)27)26-10-9-14-6-2-3-7-15(14)12-26/h2-8,11,17-18,21,24H,9-10,12,22H2,1H3,(H,23,28)(H,25,27). The summed E-state index contributed by atoms with van der Waals surface area (Å²) >= 11 is 5.50. The van der Waals surface area contributed by atoms with Gasteiger partial charge < -0.3 is 16.4 Å². The molecule has 2 aromatic carbocycles. The number of thiocarbonyl (C=S) groups is 1. The lowest BCUT2D eigenvalue weighted by Gasteiger charge is -2.42. The van der Waals surface area contributed by atoms with E-state index < -0.39 is 12.1 Å². The minimum atomic E-state index is -0.621. The topological polar surface area (TPSA) is 82.4 Å². The molecular formula is C21H25N5OS. The fraction of sp³-hybridized carbons (Fsp3) is 0.333. The van der Waals surface area contributed by atoms with E-state index in [2.05, 4.69) is 39.0 Å². The molecule has 0 aliphatic carbocycles. The number of anilines is 1. The highest BCUT2D eigenvalue weighted by molar-refractivity contribution is 7.80. The van der Waals surface area contributed by atoms with Gasteiger partial charge in [0.25, 0.3) is 0 Å². The maximum atomic E-state index is 12.8. The van der Waals surface area contributed by atoms with Crippen LogP contribution in [0.4, 0.5) is 5.69 Å². The Labute approximate surface area is 170 Å². The number of nitrogens with two attached hydrogens (primary N) is 1. The highest BCUT2D eigenvalue weighted by Crippen LogP contribution is 2.21. The van der Waals surface area contributed by atoms with E-state index in [9.17, 15) is 4.79 Å². The minimum absolute atomic E-state index is 0.153. The van der Waals surface area contributed by atoms with E-state index in [1.165, 1.54) is 11.1 Å². The Morgan fingerprint density at radius 3 is 2.75 bits per heavy atom. The van der Waals surface area contributed by atoms with Crippen molar-refractivity contribution in [2.45, 2.75) is 32.3 Å². The van der Waals surface area contributed by atoms with Crippen molar-refractivity contribution in [1.82, 2.24) is 15.5 Å². The number of hydrogen-bond acceptors (Lipinski definition) is 5. The molecule has 2 aromatic rings. The van der Waals surface area contributed by atoms with Crippen LogP contribution < -0.4 is 21.7 Å². The number of nitrogens with zero attached hydrogens (tertiary/aromatic N) is 1. The van der Waals surface area contributed by atoms with Crippen LogP contribution in [0.15, 0.2) is 48.5 Å². The summed E-state index contributed by atoms with van der Waals surface area (Å²) in [6.07, 6.45) is 0.102. The lowest BCUT2D eigenvalue weighted by atomic mass is 9.99. The lowest BCUT2D eigenvalue weighted by molar-refractivity contribution is -0.129. The van der Waals surface area contributed by atoms with Crippen LogP contribution in [0, 0.1) is 12.8 Å². The van der Waals surface area contributed by atoms with Gasteiger partial charge in [-0.2, -0.15) is 0 Å². The van der Waals surface area contributed by atoms with Gasteiger partial charge in [0, 0.05) is 18.8 Å². The average molecular weight is 396 g/mol. The molecule has 2 aliphatic rings. The van der Waals surface area contributed by atoms with Crippen LogP contribution in [0.5, 0.6) is 0 Å². The largest absolute Gasteiger partial charge is 0.349 e. The monoisotopic (exact) mass is 395 g/mol. The van der Waals surface area contributed by atoms with Crippen LogP contribution in [0.25, 0.3) is 0 Å². The van der Waals surface area contributed by atoms with Crippen molar-refractivity contribution in [2.75, 3.05) is 11.9 Å². The molecule has 5 N–H and O–H groups in total. The Bertz CT molecular complexity index is 902. The molecule has 7 heteroatoms. The zero-order chi connectivity index (χ0) is 19.7. The first-order chi connectivity index (χ1) is 13.5. The van der Waals surface area contributed by atoms with Crippen molar-refractivity contribution in [3.63, 3.8) is 0 Å². The third-order valence-corrected chi connectivity index (χ3v) is 5.72. The van der Waals surface area contributed by atoms with Gasteiger partial charge in [0.15, 0.2) is 0 Å². The van der Waals surface area contributed by atoms with Gasteiger partial charge in [0.2, 0.25) is 5.91 Å². The summed E-state index contributed by atoms with van der Waals surface area (Å²) in [6, 6.07) is 16.3. The summed E-state index contributed by atoms with van der Waals surface area (Å²) < 4.78 is 0. The Balaban J connectivity index is 1.42. The fourth-order valence-corrected chi connectivity index (χ4v) is 4.24. The van der Waals surface area contributed by atoms with Gasteiger partial charge in [-0.25, -0.2) is 0 Å². The van der Waals surface area contributed by atoms with E-state index in [0.29, 0.717) is 4.99 Å². The second-order valence-corrected chi connectivity index (χ2v) is 7.87. The zero-order valence-corrected chi connectivity index (χ0v) is 16.6. The van der Waals surface area contributed by atoms with E-state index in [-0.39, 0.29) is 12.2 Å². The zero-order valence-electron chi connectivity index (χ0n) is 15.8. The highest BCUT2D eigenvalue weighted by atomic mass is 32.1. The number of hydrogen-bond donors (Lipinski definition) is 4. The molecule has 3 unspecified atom stereocenters. The van der Waals surface area contributed by atoms with Crippen LogP contribution in [0.3, 0.4) is 0 Å². The number of fused-ring (bicyclic) bond motifs is 1. The smallest absolute Gasteiger partial charge is 0.235 e. The van der Waals surface area contributed by atoms with Gasteiger partial charge in [-0.05, 0) is 42.2 Å². The predicted octanol–water partition coefficient (Wildman–Crippen LogP) is 1.70. The van der Waals surface area contributed by atoms with Gasteiger partial charge in [0.05, 0.1) is 11.2 Å². The molecule has 1 amide bonds.